The number of hydrogen-bond acceptors (Lipinski definition) is 3. The van der Waals surface area contributed by atoms with Crippen molar-refractivity contribution in [2.24, 2.45) is 0 Å². The Hall–Kier alpha value is -0.293. The summed E-state index contributed by atoms with van der Waals surface area (Å²) in [6.07, 6.45) is 2.65. The summed E-state index contributed by atoms with van der Waals surface area (Å²) in [6, 6.07) is 10.8. The lowest BCUT2D eigenvalue weighted by molar-refractivity contribution is 0.125. The lowest BCUT2D eigenvalue weighted by Gasteiger charge is -2.33. The monoisotopic (exact) mass is 323 g/mol. The van der Waals surface area contributed by atoms with E-state index in [0.29, 0.717) is 6.10 Å². The summed E-state index contributed by atoms with van der Waals surface area (Å²) in [5, 5.41) is 0. The Morgan fingerprint density at radius 2 is 1.81 bits per heavy atom. The van der Waals surface area contributed by atoms with Gasteiger partial charge in [-0.3, -0.25) is 4.90 Å². The lowest BCUT2D eigenvalue weighted by atomic mass is 10.1. The van der Waals surface area contributed by atoms with Crippen molar-refractivity contribution < 1.29 is 4.43 Å². The van der Waals surface area contributed by atoms with E-state index in [1.165, 1.54) is 30.2 Å². The molecule has 0 bridgehead atoms. The van der Waals surface area contributed by atoms with Crippen molar-refractivity contribution >= 4 is 20.1 Å². The summed E-state index contributed by atoms with van der Waals surface area (Å²) in [7, 11) is -1.47. The molecular weight excluding hydrogens is 294 g/mol. The molecule has 0 aromatic heterocycles. The fourth-order valence-corrected chi connectivity index (χ4v) is 4.90. The molecule has 0 N–H and O–H groups in total. The molecule has 2 nitrogen and oxygen atoms in total. The number of rotatable bonds is 7. The summed E-state index contributed by atoms with van der Waals surface area (Å²) in [6.45, 7) is 10.5. The molecule has 1 saturated heterocycles. The van der Waals surface area contributed by atoms with Crippen molar-refractivity contribution in [2.75, 3.05) is 31.1 Å². The molecule has 0 amide bonds. The van der Waals surface area contributed by atoms with E-state index in [-0.39, 0.29) is 0 Å². The van der Waals surface area contributed by atoms with Crippen LogP contribution in [0.1, 0.15) is 12.0 Å². The van der Waals surface area contributed by atoms with E-state index in [1.54, 1.807) is 0 Å². The number of thioether (sulfide) groups is 1. The van der Waals surface area contributed by atoms with Crippen molar-refractivity contribution in [3.63, 3.8) is 0 Å². The van der Waals surface area contributed by atoms with Crippen LogP contribution in [0.3, 0.4) is 0 Å². The predicted octanol–water partition coefficient (Wildman–Crippen LogP) is 3.89. The molecule has 1 aliphatic rings. The minimum atomic E-state index is -1.47. The second-order valence-corrected chi connectivity index (χ2v) is 12.5. The van der Waals surface area contributed by atoms with Gasteiger partial charge in [-0.1, -0.05) is 30.3 Å². The number of nitrogens with zero attached hydrogens (tertiary/aromatic N) is 1. The van der Waals surface area contributed by atoms with Crippen molar-refractivity contribution in [1.29, 1.82) is 0 Å². The molecule has 1 unspecified atom stereocenters. The fourth-order valence-electron chi connectivity index (χ4n) is 2.73. The Balaban J connectivity index is 1.88. The first-order chi connectivity index (χ1) is 10.0. The van der Waals surface area contributed by atoms with E-state index in [0.717, 1.165) is 19.4 Å². The highest BCUT2D eigenvalue weighted by atomic mass is 32.2. The Kier molecular flexibility index (Phi) is 6.80. The zero-order chi connectivity index (χ0) is 15.1. The molecule has 1 aliphatic heterocycles. The summed E-state index contributed by atoms with van der Waals surface area (Å²) in [4.78, 5) is 2.59. The normalized spacial score (nSPS) is 18.6. The van der Waals surface area contributed by atoms with Gasteiger partial charge in [-0.2, -0.15) is 11.8 Å². The molecule has 0 radical (unpaired) electrons. The summed E-state index contributed by atoms with van der Waals surface area (Å²) >= 11 is 2.08. The maximum absolute atomic E-state index is 6.45. The van der Waals surface area contributed by atoms with Gasteiger partial charge in [-0.15, -0.1) is 0 Å². The second-order valence-electron chi connectivity index (χ2n) is 6.79. The largest absolute Gasteiger partial charge is 0.413 e. The van der Waals surface area contributed by atoms with Gasteiger partial charge in [0.25, 0.3) is 0 Å². The van der Waals surface area contributed by atoms with Crippen molar-refractivity contribution in [2.45, 2.75) is 38.6 Å². The Labute approximate surface area is 135 Å². The van der Waals surface area contributed by atoms with E-state index >= 15 is 0 Å². The first-order valence-corrected chi connectivity index (χ1v) is 12.6. The fraction of sp³-hybridized carbons (Fsp3) is 0.647. The van der Waals surface area contributed by atoms with E-state index in [1.807, 2.05) is 0 Å². The standard InChI is InChI=1S/C17H29NOSSi/c1-21(2,3)19-17(15-18-11-13-20-14-12-18)10-9-16-7-5-4-6-8-16/h4-8,17H,9-15H2,1-3H3. The Morgan fingerprint density at radius 1 is 1.14 bits per heavy atom. The lowest BCUT2D eigenvalue weighted by Crippen LogP contribution is -2.43. The van der Waals surface area contributed by atoms with Crippen LogP contribution in [0.25, 0.3) is 0 Å². The predicted molar refractivity (Wildman–Crippen MR) is 96.7 cm³/mol. The SMILES string of the molecule is C[Si](C)(C)OC(CCc1ccccc1)CN1CCSCC1. The topological polar surface area (TPSA) is 12.5 Å². The number of benzene rings is 1. The van der Waals surface area contributed by atoms with Crippen molar-refractivity contribution in [1.82, 2.24) is 4.90 Å². The zero-order valence-corrected chi connectivity index (χ0v) is 15.5. The van der Waals surface area contributed by atoms with Gasteiger partial charge < -0.3 is 4.43 Å². The van der Waals surface area contributed by atoms with Gasteiger partial charge in [0.2, 0.25) is 0 Å². The molecule has 1 atom stereocenters. The molecule has 1 heterocycles. The van der Waals surface area contributed by atoms with Crippen LogP contribution in [-0.2, 0) is 10.8 Å². The Morgan fingerprint density at radius 3 is 2.43 bits per heavy atom. The maximum atomic E-state index is 6.45. The van der Waals surface area contributed by atoms with Crippen LogP contribution in [0.2, 0.25) is 19.6 Å². The molecule has 118 valence electrons. The molecule has 21 heavy (non-hydrogen) atoms. The van der Waals surface area contributed by atoms with Gasteiger partial charge in [0, 0.05) is 31.1 Å². The van der Waals surface area contributed by atoms with E-state index in [4.69, 9.17) is 4.43 Å². The minimum Gasteiger partial charge on any atom is -0.413 e. The molecule has 0 aliphatic carbocycles. The van der Waals surface area contributed by atoms with Crippen LogP contribution in [0.15, 0.2) is 30.3 Å². The smallest absolute Gasteiger partial charge is 0.184 e. The first-order valence-electron chi connectivity index (χ1n) is 8.05. The molecule has 4 heteroatoms. The molecule has 1 aromatic rings. The molecule has 0 spiro atoms. The molecular formula is C17H29NOSSi. The molecule has 1 aromatic carbocycles. The van der Waals surface area contributed by atoms with Crippen LogP contribution in [0.5, 0.6) is 0 Å². The summed E-state index contributed by atoms with van der Waals surface area (Å²) in [5.74, 6) is 2.55. The van der Waals surface area contributed by atoms with Crippen LogP contribution < -0.4 is 0 Å². The maximum Gasteiger partial charge on any atom is 0.184 e. The van der Waals surface area contributed by atoms with Crippen LogP contribution in [-0.4, -0.2) is 50.5 Å². The van der Waals surface area contributed by atoms with Crippen molar-refractivity contribution in [3.05, 3.63) is 35.9 Å². The van der Waals surface area contributed by atoms with Gasteiger partial charge in [-0.25, -0.2) is 0 Å². The number of aryl methyl sites for hydroxylation is 1. The van der Waals surface area contributed by atoms with Gasteiger partial charge in [0.05, 0.1) is 6.10 Å². The van der Waals surface area contributed by atoms with Gasteiger partial charge >= 0.3 is 0 Å². The Bertz CT molecular complexity index is 401. The van der Waals surface area contributed by atoms with E-state index in [9.17, 15) is 0 Å². The second kappa shape index (κ2) is 8.37. The minimum absolute atomic E-state index is 0.389. The highest BCUT2D eigenvalue weighted by Crippen LogP contribution is 2.17. The third kappa shape index (κ3) is 7.00. The summed E-state index contributed by atoms with van der Waals surface area (Å²) in [5.41, 5.74) is 1.43. The van der Waals surface area contributed by atoms with Crippen LogP contribution >= 0.6 is 11.8 Å². The highest BCUT2D eigenvalue weighted by Gasteiger charge is 2.23. The van der Waals surface area contributed by atoms with Gasteiger partial charge in [0.1, 0.15) is 0 Å². The van der Waals surface area contributed by atoms with Crippen molar-refractivity contribution in [3.8, 4) is 0 Å². The van der Waals surface area contributed by atoms with E-state index in [2.05, 4.69) is 66.6 Å². The molecule has 0 saturated carbocycles. The van der Waals surface area contributed by atoms with Gasteiger partial charge in [0.15, 0.2) is 8.32 Å². The highest BCUT2D eigenvalue weighted by molar-refractivity contribution is 7.99. The third-order valence-corrected chi connectivity index (χ3v) is 5.67. The van der Waals surface area contributed by atoms with Crippen LogP contribution in [0, 0.1) is 0 Å². The zero-order valence-electron chi connectivity index (χ0n) is 13.7. The van der Waals surface area contributed by atoms with Gasteiger partial charge in [-0.05, 0) is 38.0 Å². The third-order valence-electron chi connectivity index (χ3n) is 3.68. The average Bonchev–Trinajstić information content (AvgIpc) is 2.45. The molecule has 2 rings (SSSR count). The number of hydrogen-bond donors (Lipinski definition) is 0. The average molecular weight is 324 g/mol. The first kappa shape index (κ1) is 17.1. The quantitative estimate of drug-likeness (QED) is 0.706. The molecule has 1 fully saturated rings. The van der Waals surface area contributed by atoms with Crippen LogP contribution in [0.4, 0.5) is 0 Å². The van der Waals surface area contributed by atoms with E-state index < -0.39 is 8.32 Å². The summed E-state index contributed by atoms with van der Waals surface area (Å²) < 4.78 is 6.45.